The van der Waals surface area contributed by atoms with Crippen LogP contribution in [-0.4, -0.2) is 21.2 Å². The van der Waals surface area contributed by atoms with Gasteiger partial charge in [0, 0.05) is 19.5 Å². The second-order valence-electron chi connectivity index (χ2n) is 3.63. The predicted octanol–water partition coefficient (Wildman–Crippen LogP) is 0.140. The molecule has 3 N–H and O–H groups in total. The second-order valence-corrected chi connectivity index (χ2v) is 3.63. The maximum atomic E-state index is 11.9. The molecule has 0 fully saturated rings. The van der Waals surface area contributed by atoms with Crippen molar-refractivity contribution in [3.05, 3.63) is 34.4 Å². The number of aromatic hydroxyl groups is 1. The molecule has 84 valence electrons. The van der Waals surface area contributed by atoms with Crippen LogP contribution in [0.25, 0.3) is 10.9 Å². The summed E-state index contributed by atoms with van der Waals surface area (Å²) in [6.45, 7) is 0.435. The van der Waals surface area contributed by atoms with Crippen molar-refractivity contribution in [3.63, 3.8) is 0 Å². The van der Waals surface area contributed by atoms with E-state index in [4.69, 9.17) is 5.73 Å². The molecule has 0 atom stereocenters. The highest BCUT2D eigenvalue weighted by Gasteiger charge is 2.07. The minimum absolute atomic E-state index is 0.104. The molecular formula is C11H13N3O2. The Balaban J connectivity index is 2.78. The predicted molar refractivity (Wildman–Crippen MR) is 61.4 cm³/mol. The van der Waals surface area contributed by atoms with E-state index in [9.17, 15) is 9.90 Å². The van der Waals surface area contributed by atoms with E-state index in [0.717, 1.165) is 0 Å². The number of phenols is 1. The number of rotatable bonds is 2. The normalized spacial score (nSPS) is 10.9. The van der Waals surface area contributed by atoms with Crippen LogP contribution >= 0.6 is 0 Å². The van der Waals surface area contributed by atoms with Crippen molar-refractivity contribution in [3.8, 4) is 5.75 Å². The average molecular weight is 219 g/mol. The van der Waals surface area contributed by atoms with Crippen molar-refractivity contribution < 1.29 is 5.11 Å². The highest BCUT2D eigenvalue weighted by Crippen LogP contribution is 2.15. The Morgan fingerprint density at radius 3 is 2.94 bits per heavy atom. The molecule has 1 aromatic heterocycles. The third kappa shape index (κ3) is 1.65. The van der Waals surface area contributed by atoms with Gasteiger partial charge in [0.2, 0.25) is 0 Å². The van der Waals surface area contributed by atoms with Crippen molar-refractivity contribution in [2.24, 2.45) is 12.8 Å². The van der Waals surface area contributed by atoms with E-state index in [1.165, 1.54) is 16.7 Å². The van der Waals surface area contributed by atoms with E-state index in [0.29, 0.717) is 29.7 Å². The molecule has 0 saturated heterocycles. The molecule has 0 amide bonds. The third-order valence-electron chi connectivity index (χ3n) is 2.52. The summed E-state index contributed by atoms with van der Waals surface area (Å²) >= 11 is 0. The molecule has 1 aromatic carbocycles. The molecule has 0 radical (unpaired) electrons. The molecule has 0 aliphatic heterocycles. The lowest BCUT2D eigenvalue weighted by molar-refractivity contribution is 0.476. The Morgan fingerprint density at radius 1 is 1.50 bits per heavy atom. The lowest BCUT2D eigenvalue weighted by atomic mass is 10.2. The fourth-order valence-electron chi connectivity index (χ4n) is 1.66. The number of nitrogens with zero attached hydrogens (tertiary/aromatic N) is 2. The molecule has 2 rings (SSSR count). The molecule has 0 saturated carbocycles. The van der Waals surface area contributed by atoms with Gasteiger partial charge in [0.15, 0.2) is 0 Å². The van der Waals surface area contributed by atoms with Crippen LogP contribution in [0.3, 0.4) is 0 Å². The summed E-state index contributed by atoms with van der Waals surface area (Å²) in [5.74, 6) is 0.734. The minimum Gasteiger partial charge on any atom is -0.508 e. The van der Waals surface area contributed by atoms with Crippen LogP contribution in [0.5, 0.6) is 5.75 Å². The van der Waals surface area contributed by atoms with Crippen LogP contribution in [0.2, 0.25) is 0 Å². The first-order valence-electron chi connectivity index (χ1n) is 5.02. The second kappa shape index (κ2) is 3.94. The fourth-order valence-corrected chi connectivity index (χ4v) is 1.66. The van der Waals surface area contributed by atoms with Gasteiger partial charge in [0.05, 0.1) is 10.9 Å². The zero-order valence-corrected chi connectivity index (χ0v) is 8.97. The molecule has 1 heterocycles. The molecule has 0 aliphatic carbocycles. The number of benzene rings is 1. The first-order chi connectivity index (χ1) is 7.63. The third-order valence-corrected chi connectivity index (χ3v) is 2.52. The van der Waals surface area contributed by atoms with Crippen molar-refractivity contribution in [2.75, 3.05) is 6.54 Å². The van der Waals surface area contributed by atoms with Gasteiger partial charge in [-0.25, -0.2) is 4.98 Å². The van der Waals surface area contributed by atoms with E-state index in [1.54, 1.807) is 13.1 Å². The van der Waals surface area contributed by atoms with Crippen LogP contribution in [0.1, 0.15) is 5.82 Å². The van der Waals surface area contributed by atoms with Gasteiger partial charge in [-0.05, 0) is 18.7 Å². The van der Waals surface area contributed by atoms with Gasteiger partial charge in [-0.1, -0.05) is 0 Å². The zero-order valence-electron chi connectivity index (χ0n) is 8.97. The number of aromatic nitrogens is 2. The lowest BCUT2D eigenvalue weighted by Gasteiger charge is -2.08. The SMILES string of the molecule is Cn1c(CCN)nc2cc(O)ccc2c1=O. The fraction of sp³-hybridized carbons (Fsp3) is 0.273. The summed E-state index contributed by atoms with van der Waals surface area (Å²) in [6, 6.07) is 4.54. The van der Waals surface area contributed by atoms with Gasteiger partial charge in [-0.15, -0.1) is 0 Å². The minimum atomic E-state index is -0.117. The lowest BCUT2D eigenvalue weighted by Crippen LogP contribution is -2.24. The molecule has 16 heavy (non-hydrogen) atoms. The van der Waals surface area contributed by atoms with E-state index < -0.39 is 0 Å². The van der Waals surface area contributed by atoms with Crippen molar-refractivity contribution in [1.29, 1.82) is 0 Å². The smallest absolute Gasteiger partial charge is 0.261 e. The summed E-state index contributed by atoms with van der Waals surface area (Å²) in [5, 5.41) is 9.84. The monoisotopic (exact) mass is 219 g/mol. The van der Waals surface area contributed by atoms with Crippen molar-refractivity contribution >= 4 is 10.9 Å². The van der Waals surface area contributed by atoms with Gasteiger partial charge in [-0.2, -0.15) is 0 Å². The number of nitrogens with two attached hydrogens (primary N) is 1. The first kappa shape index (κ1) is 10.6. The van der Waals surface area contributed by atoms with Gasteiger partial charge >= 0.3 is 0 Å². The van der Waals surface area contributed by atoms with Crippen LogP contribution < -0.4 is 11.3 Å². The van der Waals surface area contributed by atoms with Crippen molar-refractivity contribution in [2.45, 2.75) is 6.42 Å². The van der Waals surface area contributed by atoms with Crippen molar-refractivity contribution in [1.82, 2.24) is 9.55 Å². The van der Waals surface area contributed by atoms with Gasteiger partial charge in [0.25, 0.3) is 5.56 Å². The Bertz CT molecular complexity index is 590. The standard InChI is InChI=1S/C11H13N3O2/c1-14-10(4-5-12)13-9-6-7(15)2-3-8(9)11(14)16/h2-3,6,15H,4-5,12H2,1H3. The van der Waals surface area contributed by atoms with E-state index in [-0.39, 0.29) is 11.3 Å². The molecule has 0 spiro atoms. The summed E-state index contributed by atoms with van der Waals surface area (Å²) in [4.78, 5) is 16.2. The highest BCUT2D eigenvalue weighted by atomic mass is 16.3. The Kier molecular flexibility index (Phi) is 2.62. The number of fused-ring (bicyclic) bond motifs is 1. The van der Waals surface area contributed by atoms with Gasteiger partial charge < -0.3 is 10.8 Å². The number of hydrogen-bond acceptors (Lipinski definition) is 4. The van der Waals surface area contributed by atoms with Gasteiger partial charge in [0.1, 0.15) is 11.6 Å². The van der Waals surface area contributed by atoms with Gasteiger partial charge in [-0.3, -0.25) is 9.36 Å². The molecule has 5 nitrogen and oxygen atoms in total. The quantitative estimate of drug-likeness (QED) is 0.752. The summed E-state index contributed by atoms with van der Waals surface area (Å²) in [5.41, 5.74) is 5.84. The molecule has 0 unspecified atom stereocenters. The van der Waals surface area contributed by atoms with E-state index >= 15 is 0 Å². The highest BCUT2D eigenvalue weighted by molar-refractivity contribution is 5.79. The number of phenolic OH excluding ortho intramolecular Hbond substituents is 1. The van der Waals surface area contributed by atoms with E-state index in [1.807, 2.05) is 0 Å². The van der Waals surface area contributed by atoms with E-state index in [2.05, 4.69) is 4.98 Å². The maximum absolute atomic E-state index is 11.9. The topological polar surface area (TPSA) is 81.1 Å². The Morgan fingerprint density at radius 2 is 2.25 bits per heavy atom. The summed E-state index contributed by atoms with van der Waals surface area (Å²) in [7, 11) is 1.67. The zero-order chi connectivity index (χ0) is 11.7. The molecular weight excluding hydrogens is 206 g/mol. The summed E-state index contributed by atoms with van der Waals surface area (Å²) in [6.07, 6.45) is 0.539. The van der Waals surface area contributed by atoms with Crippen LogP contribution in [-0.2, 0) is 13.5 Å². The number of hydrogen-bond donors (Lipinski definition) is 2. The largest absolute Gasteiger partial charge is 0.508 e. The Labute approximate surface area is 92.2 Å². The van der Waals surface area contributed by atoms with Crippen LogP contribution in [0.15, 0.2) is 23.0 Å². The summed E-state index contributed by atoms with van der Waals surface area (Å²) < 4.78 is 1.49. The molecule has 2 aromatic rings. The molecule has 0 bridgehead atoms. The Hall–Kier alpha value is -1.88. The van der Waals surface area contributed by atoms with Crippen LogP contribution in [0, 0.1) is 0 Å². The average Bonchev–Trinajstić information content (AvgIpc) is 2.25. The van der Waals surface area contributed by atoms with Crippen LogP contribution in [0.4, 0.5) is 0 Å². The maximum Gasteiger partial charge on any atom is 0.261 e. The molecule has 0 aliphatic rings. The molecule has 5 heteroatoms. The first-order valence-corrected chi connectivity index (χ1v) is 5.02.